The lowest BCUT2D eigenvalue weighted by Gasteiger charge is -2.27. The first-order chi connectivity index (χ1) is 13.8. The van der Waals surface area contributed by atoms with Crippen LogP contribution in [0.15, 0.2) is 72.9 Å². The van der Waals surface area contributed by atoms with Gasteiger partial charge in [-0.2, -0.15) is 0 Å². The molecule has 2 aromatic carbocycles. The minimum Gasteiger partial charge on any atom is -0.495 e. The van der Waals surface area contributed by atoms with Gasteiger partial charge in [-0.25, -0.2) is 4.98 Å². The van der Waals surface area contributed by atoms with Gasteiger partial charge in [0.2, 0.25) is 0 Å². The first-order valence-corrected chi connectivity index (χ1v) is 9.80. The Morgan fingerprint density at radius 2 is 1.71 bits per heavy atom. The number of nitrogens with zero attached hydrogens (tertiary/aromatic N) is 2. The van der Waals surface area contributed by atoms with E-state index in [0.29, 0.717) is 6.04 Å². The summed E-state index contributed by atoms with van der Waals surface area (Å²) in [5.41, 5.74) is 6.39. The minimum atomic E-state index is 0.633. The van der Waals surface area contributed by atoms with Crippen molar-refractivity contribution in [2.75, 3.05) is 12.4 Å². The molecule has 0 bridgehead atoms. The van der Waals surface area contributed by atoms with Gasteiger partial charge in [0.1, 0.15) is 11.4 Å². The van der Waals surface area contributed by atoms with E-state index in [1.165, 1.54) is 24.9 Å². The Balaban J connectivity index is 1.62. The van der Waals surface area contributed by atoms with E-state index in [1.807, 2.05) is 24.4 Å². The van der Waals surface area contributed by atoms with Crippen molar-refractivity contribution in [1.29, 1.82) is 0 Å². The van der Waals surface area contributed by atoms with Gasteiger partial charge in [-0.05, 0) is 43.5 Å². The molecule has 0 aliphatic heterocycles. The van der Waals surface area contributed by atoms with Crippen molar-refractivity contribution in [3.05, 3.63) is 72.9 Å². The standard InChI is InChI=1S/C24H23N3O/c1-28-21-14-15-22-26-23(24(27(22)16-21)18-6-3-2-4-7-18)17-10-12-20(13-11-17)25-19-8-5-9-19/h2-4,6-7,10-16,19,25H,5,8-9H2,1H3. The molecule has 4 aromatic rings. The molecule has 0 atom stereocenters. The molecule has 1 N–H and O–H groups in total. The van der Waals surface area contributed by atoms with Crippen LogP contribution < -0.4 is 10.1 Å². The van der Waals surface area contributed by atoms with Crippen molar-refractivity contribution in [3.8, 4) is 28.3 Å². The summed E-state index contributed by atoms with van der Waals surface area (Å²) >= 11 is 0. The Labute approximate surface area is 164 Å². The van der Waals surface area contributed by atoms with Crippen LogP contribution >= 0.6 is 0 Å². The summed E-state index contributed by atoms with van der Waals surface area (Å²) < 4.78 is 7.56. The Hall–Kier alpha value is -3.27. The van der Waals surface area contributed by atoms with Gasteiger partial charge in [0, 0.05) is 22.9 Å². The zero-order chi connectivity index (χ0) is 18.9. The zero-order valence-electron chi connectivity index (χ0n) is 15.9. The predicted molar refractivity (Wildman–Crippen MR) is 114 cm³/mol. The van der Waals surface area contributed by atoms with E-state index in [-0.39, 0.29) is 0 Å². The van der Waals surface area contributed by atoms with Gasteiger partial charge in [-0.1, -0.05) is 42.5 Å². The van der Waals surface area contributed by atoms with Crippen LogP contribution in [0.2, 0.25) is 0 Å². The van der Waals surface area contributed by atoms with E-state index in [4.69, 9.17) is 9.72 Å². The van der Waals surface area contributed by atoms with Crippen molar-refractivity contribution < 1.29 is 4.74 Å². The second kappa shape index (κ2) is 7.04. The number of aromatic nitrogens is 2. The van der Waals surface area contributed by atoms with E-state index in [0.717, 1.165) is 33.9 Å². The monoisotopic (exact) mass is 369 g/mol. The number of rotatable bonds is 5. The van der Waals surface area contributed by atoms with E-state index < -0.39 is 0 Å². The summed E-state index contributed by atoms with van der Waals surface area (Å²) in [7, 11) is 1.69. The number of anilines is 1. The van der Waals surface area contributed by atoms with Crippen LogP contribution in [0.4, 0.5) is 5.69 Å². The van der Waals surface area contributed by atoms with Crippen LogP contribution in [0.25, 0.3) is 28.2 Å². The Morgan fingerprint density at radius 3 is 2.39 bits per heavy atom. The maximum atomic E-state index is 5.44. The minimum absolute atomic E-state index is 0.633. The maximum Gasteiger partial charge on any atom is 0.138 e. The van der Waals surface area contributed by atoms with Gasteiger partial charge in [0.15, 0.2) is 0 Å². The summed E-state index contributed by atoms with van der Waals surface area (Å²) in [5.74, 6) is 0.814. The van der Waals surface area contributed by atoms with Gasteiger partial charge in [-0.15, -0.1) is 0 Å². The molecule has 5 rings (SSSR count). The van der Waals surface area contributed by atoms with Crippen LogP contribution in [-0.2, 0) is 0 Å². The highest BCUT2D eigenvalue weighted by Gasteiger charge is 2.18. The van der Waals surface area contributed by atoms with Crippen LogP contribution in [0, 0.1) is 0 Å². The third-order valence-corrected chi connectivity index (χ3v) is 5.51. The Kier molecular flexibility index (Phi) is 4.24. The quantitative estimate of drug-likeness (QED) is 0.495. The van der Waals surface area contributed by atoms with Crippen molar-refractivity contribution in [1.82, 2.24) is 9.38 Å². The highest BCUT2D eigenvalue weighted by atomic mass is 16.5. The molecular weight excluding hydrogens is 346 g/mol. The SMILES string of the molecule is COc1ccc2nc(-c3ccc(NC4CCC4)cc3)c(-c3ccccc3)n2c1. The molecule has 0 radical (unpaired) electrons. The summed E-state index contributed by atoms with van der Waals surface area (Å²) in [6.07, 6.45) is 5.88. The number of benzene rings is 2. The number of hydrogen-bond donors (Lipinski definition) is 1. The lowest BCUT2D eigenvalue weighted by atomic mass is 9.93. The highest BCUT2D eigenvalue weighted by Crippen LogP contribution is 2.34. The van der Waals surface area contributed by atoms with Crippen LogP contribution in [0.1, 0.15) is 19.3 Å². The first kappa shape index (κ1) is 16.9. The smallest absolute Gasteiger partial charge is 0.138 e. The van der Waals surface area contributed by atoms with Crippen molar-refractivity contribution in [2.45, 2.75) is 25.3 Å². The molecule has 28 heavy (non-hydrogen) atoms. The summed E-state index contributed by atoms with van der Waals surface area (Å²) in [6, 6.07) is 23.6. The molecule has 0 amide bonds. The van der Waals surface area contributed by atoms with Gasteiger partial charge in [0.25, 0.3) is 0 Å². The van der Waals surface area contributed by atoms with Crippen LogP contribution in [0.5, 0.6) is 5.75 Å². The fourth-order valence-corrected chi connectivity index (χ4v) is 3.73. The normalized spacial score (nSPS) is 14.0. The third-order valence-electron chi connectivity index (χ3n) is 5.51. The highest BCUT2D eigenvalue weighted by molar-refractivity contribution is 5.82. The number of nitrogens with one attached hydrogen (secondary N) is 1. The molecule has 1 aliphatic carbocycles. The topological polar surface area (TPSA) is 38.6 Å². The second-order valence-corrected chi connectivity index (χ2v) is 7.32. The third kappa shape index (κ3) is 3.01. The predicted octanol–water partition coefficient (Wildman–Crippen LogP) is 5.64. The van der Waals surface area contributed by atoms with E-state index in [2.05, 4.69) is 58.2 Å². The molecule has 1 saturated carbocycles. The second-order valence-electron chi connectivity index (χ2n) is 7.32. The number of fused-ring (bicyclic) bond motifs is 1. The van der Waals surface area contributed by atoms with E-state index in [9.17, 15) is 0 Å². The fraction of sp³-hybridized carbons (Fsp3) is 0.208. The molecule has 2 aromatic heterocycles. The zero-order valence-corrected chi connectivity index (χ0v) is 15.9. The summed E-state index contributed by atoms with van der Waals surface area (Å²) in [6.45, 7) is 0. The summed E-state index contributed by atoms with van der Waals surface area (Å²) in [5, 5.41) is 3.60. The number of imidazole rings is 1. The molecule has 0 unspecified atom stereocenters. The molecule has 0 spiro atoms. The van der Waals surface area contributed by atoms with Crippen molar-refractivity contribution >= 4 is 11.3 Å². The largest absolute Gasteiger partial charge is 0.495 e. The molecule has 2 heterocycles. The fourth-order valence-electron chi connectivity index (χ4n) is 3.73. The molecule has 0 saturated heterocycles. The van der Waals surface area contributed by atoms with Gasteiger partial charge in [-0.3, -0.25) is 4.40 Å². The van der Waals surface area contributed by atoms with Crippen LogP contribution in [-0.4, -0.2) is 22.5 Å². The van der Waals surface area contributed by atoms with Crippen molar-refractivity contribution in [2.24, 2.45) is 0 Å². The Bertz CT molecular complexity index is 1100. The lowest BCUT2D eigenvalue weighted by Crippen LogP contribution is -2.26. The summed E-state index contributed by atoms with van der Waals surface area (Å²) in [4.78, 5) is 4.94. The lowest BCUT2D eigenvalue weighted by molar-refractivity contribution is 0.412. The molecule has 4 nitrogen and oxygen atoms in total. The maximum absolute atomic E-state index is 5.44. The average molecular weight is 369 g/mol. The van der Waals surface area contributed by atoms with Gasteiger partial charge < -0.3 is 10.1 Å². The number of ether oxygens (including phenoxy) is 1. The molecule has 140 valence electrons. The molecule has 1 aliphatic rings. The number of hydrogen-bond acceptors (Lipinski definition) is 3. The average Bonchev–Trinajstić information content (AvgIpc) is 3.10. The van der Waals surface area contributed by atoms with Crippen molar-refractivity contribution in [3.63, 3.8) is 0 Å². The number of methoxy groups -OCH3 is 1. The van der Waals surface area contributed by atoms with Gasteiger partial charge in [0.05, 0.1) is 24.7 Å². The van der Waals surface area contributed by atoms with Crippen LogP contribution in [0.3, 0.4) is 0 Å². The number of pyridine rings is 1. The van der Waals surface area contributed by atoms with Gasteiger partial charge >= 0.3 is 0 Å². The molecule has 4 heteroatoms. The molecule has 1 fully saturated rings. The Morgan fingerprint density at radius 1 is 0.929 bits per heavy atom. The van der Waals surface area contributed by atoms with E-state index >= 15 is 0 Å². The first-order valence-electron chi connectivity index (χ1n) is 9.80. The van der Waals surface area contributed by atoms with E-state index in [1.54, 1.807) is 7.11 Å². The molecular formula is C24H23N3O.